The van der Waals surface area contributed by atoms with Crippen molar-refractivity contribution in [2.45, 2.75) is 83.0 Å². The minimum Gasteiger partial charge on any atom is -0.467 e. The highest BCUT2D eigenvalue weighted by Gasteiger charge is 2.68. The lowest BCUT2D eigenvalue weighted by Crippen LogP contribution is -2.61. The first kappa shape index (κ1) is 31.8. The third-order valence-electron chi connectivity index (χ3n) is 10.8. The molecule has 4 N–H and O–H groups in total. The molecule has 12 nitrogen and oxygen atoms in total. The molecule has 0 aliphatic heterocycles. The summed E-state index contributed by atoms with van der Waals surface area (Å²) in [6, 6.07) is -0.979. The number of aromatic nitrogens is 2. The van der Waals surface area contributed by atoms with E-state index in [9.17, 15) is 34.2 Å². The first-order chi connectivity index (χ1) is 20.8. The number of nitrogens with one attached hydrogen (secondary N) is 2. The van der Waals surface area contributed by atoms with Crippen LogP contribution in [0.15, 0.2) is 36.3 Å². The number of esters is 2. The van der Waals surface area contributed by atoms with Gasteiger partial charge in [0.2, 0.25) is 11.7 Å². The molecular weight excluding hydrogens is 570 g/mol. The summed E-state index contributed by atoms with van der Waals surface area (Å²) in [7, 11) is 1.20. The van der Waals surface area contributed by atoms with Crippen molar-refractivity contribution in [1.82, 2.24) is 15.3 Å². The maximum absolute atomic E-state index is 13.5. The van der Waals surface area contributed by atoms with Gasteiger partial charge in [-0.25, -0.2) is 9.78 Å². The molecule has 8 atom stereocenters. The summed E-state index contributed by atoms with van der Waals surface area (Å²) in [4.78, 5) is 69.3. The van der Waals surface area contributed by atoms with Crippen molar-refractivity contribution in [3.05, 3.63) is 42.0 Å². The van der Waals surface area contributed by atoms with Crippen molar-refractivity contribution in [1.29, 1.82) is 0 Å². The van der Waals surface area contributed by atoms with Gasteiger partial charge in [-0.3, -0.25) is 19.2 Å². The number of imidazole rings is 1. The Morgan fingerprint density at radius 1 is 1.20 bits per heavy atom. The molecule has 238 valence electrons. The second-order valence-corrected chi connectivity index (χ2v) is 13.1. The molecule has 12 heteroatoms. The molecule has 0 spiro atoms. The van der Waals surface area contributed by atoms with Gasteiger partial charge in [0.1, 0.15) is 11.6 Å². The van der Waals surface area contributed by atoms with Gasteiger partial charge in [-0.15, -0.1) is 0 Å². The number of allylic oxidation sites excluding steroid dienone is 4. The second-order valence-electron chi connectivity index (χ2n) is 13.1. The van der Waals surface area contributed by atoms with Gasteiger partial charge in [0.25, 0.3) is 0 Å². The van der Waals surface area contributed by atoms with Gasteiger partial charge >= 0.3 is 11.9 Å². The summed E-state index contributed by atoms with van der Waals surface area (Å²) in [5.41, 5.74) is -1.52. The fourth-order valence-corrected chi connectivity index (χ4v) is 8.56. The lowest BCUT2D eigenvalue weighted by Gasteiger charge is -2.59. The number of ether oxygens (including phenoxy) is 2. The molecule has 0 aromatic carbocycles. The topological polar surface area (TPSA) is 185 Å². The number of H-pyrrole nitrogens is 1. The van der Waals surface area contributed by atoms with Crippen molar-refractivity contribution in [3.8, 4) is 0 Å². The number of aliphatic hydroxyl groups is 2. The van der Waals surface area contributed by atoms with Crippen LogP contribution in [0.4, 0.5) is 0 Å². The molecule has 0 saturated heterocycles. The molecule has 3 fully saturated rings. The summed E-state index contributed by atoms with van der Waals surface area (Å²) < 4.78 is 9.95. The zero-order chi connectivity index (χ0) is 31.9. The van der Waals surface area contributed by atoms with E-state index in [4.69, 9.17) is 9.47 Å². The quantitative estimate of drug-likeness (QED) is 0.283. The molecule has 1 aromatic rings. The summed E-state index contributed by atoms with van der Waals surface area (Å²) >= 11 is 0. The highest BCUT2D eigenvalue weighted by Crippen LogP contribution is 2.67. The van der Waals surface area contributed by atoms with Crippen LogP contribution >= 0.6 is 0 Å². The fourth-order valence-electron chi connectivity index (χ4n) is 8.56. The molecule has 0 bridgehead atoms. The van der Waals surface area contributed by atoms with E-state index in [0.717, 1.165) is 12.0 Å². The smallest absolute Gasteiger partial charge is 0.328 e. The number of Topliss-reactive ketones (excluding diaryl/α,β-unsaturated/α-hetero) is 1. The lowest BCUT2D eigenvalue weighted by atomic mass is 9.46. The van der Waals surface area contributed by atoms with Crippen LogP contribution < -0.4 is 5.32 Å². The Hall–Kier alpha value is -3.64. The first-order valence-corrected chi connectivity index (χ1v) is 15.2. The first-order valence-electron chi connectivity index (χ1n) is 15.2. The monoisotopic (exact) mass is 611 g/mol. The van der Waals surface area contributed by atoms with Gasteiger partial charge in [-0.05, 0) is 56.1 Å². The molecular formula is C32H41N3O9. The standard InChI is InChI=1S/C32H41N3O9/c1-30-10-8-20(36)12-18(30)4-5-21-22-9-11-32(42,31(22,2)14-24(37)28(21)30)25(38)16-44-27(40)7-6-26(39)35-23(29(41)43-3)13-19-15-33-17-34-19/h8,10,12,15,17,21-24,28,37,42H,4-7,9,11,13-14,16H2,1-3H3,(H,33,34)(H,35,39)/t21-,22+,23-,24-,28+,30-,31-,32+/m0/s1. The number of amides is 1. The van der Waals surface area contributed by atoms with Crippen molar-refractivity contribution < 1.29 is 43.7 Å². The van der Waals surface area contributed by atoms with Gasteiger partial charge in [0, 0.05) is 41.5 Å². The predicted octanol–water partition coefficient (Wildman–Crippen LogP) is 1.51. The number of hydrogen-bond acceptors (Lipinski definition) is 10. The normalized spacial score (nSPS) is 34.6. The van der Waals surface area contributed by atoms with Gasteiger partial charge < -0.3 is 30.0 Å². The number of hydrogen-bond donors (Lipinski definition) is 4. The maximum Gasteiger partial charge on any atom is 0.328 e. The van der Waals surface area contributed by atoms with Crippen LogP contribution in [-0.4, -0.2) is 81.1 Å². The number of fused-ring (bicyclic) bond motifs is 5. The zero-order valence-corrected chi connectivity index (χ0v) is 25.3. The molecule has 0 radical (unpaired) electrons. The number of nitrogens with zero attached hydrogens (tertiary/aromatic N) is 1. The van der Waals surface area contributed by atoms with E-state index in [2.05, 4.69) is 22.2 Å². The average Bonchev–Trinajstić information content (AvgIpc) is 3.60. The Kier molecular flexibility index (Phi) is 8.69. The lowest BCUT2D eigenvalue weighted by molar-refractivity contribution is -0.181. The van der Waals surface area contributed by atoms with Crippen molar-refractivity contribution in [3.63, 3.8) is 0 Å². The van der Waals surface area contributed by atoms with Crippen LogP contribution in [-0.2, 0) is 39.9 Å². The Labute approximate surface area is 255 Å². The van der Waals surface area contributed by atoms with E-state index < -0.39 is 58.8 Å². The van der Waals surface area contributed by atoms with Gasteiger partial charge in [0.15, 0.2) is 12.4 Å². The van der Waals surface area contributed by atoms with Gasteiger partial charge in [0.05, 0.1) is 26.0 Å². The van der Waals surface area contributed by atoms with E-state index in [0.29, 0.717) is 18.5 Å². The summed E-state index contributed by atoms with van der Waals surface area (Å²) in [5, 5.41) is 25.9. The van der Waals surface area contributed by atoms with Crippen molar-refractivity contribution in [2.24, 2.45) is 28.6 Å². The Bertz CT molecular complexity index is 1390. The SMILES string of the molecule is COC(=O)[C@H](Cc1cnc[nH]1)NC(=O)CCC(=O)OCC(=O)[C@]1(O)CC[C@@H]2[C@@H]3CCC4=CC(=O)C=C[C@]4(C)[C@H]3[C@@H](O)C[C@@]21C. The van der Waals surface area contributed by atoms with Crippen molar-refractivity contribution in [2.75, 3.05) is 13.7 Å². The van der Waals surface area contributed by atoms with E-state index in [-0.39, 0.29) is 55.6 Å². The Morgan fingerprint density at radius 2 is 1.98 bits per heavy atom. The number of rotatable bonds is 10. The van der Waals surface area contributed by atoms with Crippen molar-refractivity contribution >= 4 is 29.4 Å². The van der Waals surface area contributed by atoms with E-state index in [1.165, 1.54) is 19.6 Å². The van der Waals surface area contributed by atoms with Gasteiger partial charge in [-0.1, -0.05) is 25.5 Å². The molecule has 0 unspecified atom stereocenters. The summed E-state index contributed by atoms with van der Waals surface area (Å²) in [6.07, 6.45) is 9.31. The second kappa shape index (κ2) is 12.0. The highest BCUT2D eigenvalue weighted by molar-refractivity contribution is 6.01. The van der Waals surface area contributed by atoms with E-state index in [1.807, 2.05) is 13.0 Å². The number of aromatic amines is 1. The summed E-state index contributed by atoms with van der Waals surface area (Å²) in [6.45, 7) is 3.26. The Balaban J connectivity index is 1.17. The van der Waals surface area contributed by atoms with Crippen LogP contribution in [0.3, 0.4) is 0 Å². The maximum atomic E-state index is 13.5. The van der Waals surface area contributed by atoms with Crippen LogP contribution in [0.5, 0.6) is 0 Å². The molecule has 1 amide bonds. The largest absolute Gasteiger partial charge is 0.467 e. The zero-order valence-electron chi connectivity index (χ0n) is 25.3. The van der Waals surface area contributed by atoms with Gasteiger partial charge in [-0.2, -0.15) is 0 Å². The number of aliphatic hydroxyl groups excluding tert-OH is 1. The number of methoxy groups -OCH3 is 1. The minimum atomic E-state index is -1.78. The third kappa shape index (κ3) is 5.53. The van der Waals surface area contributed by atoms with E-state index >= 15 is 0 Å². The number of carbonyl (C=O) groups excluding carboxylic acids is 5. The molecule has 44 heavy (non-hydrogen) atoms. The minimum absolute atomic E-state index is 0.0295. The average molecular weight is 612 g/mol. The molecule has 3 saturated carbocycles. The Morgan fingerprint density at radius 3 is 2.68 bits per heavy atom. The van der Waals surface area contributed by atoms with Crippen LogP contribution in [0.2, 0.25) is 0 Å². The van der Waals surface area contributed by atoms with Crippen LogP contribution in [0.25, 0.3) is 0 Å². The van der Waals surface area contributed by atoms with Crippen LogP contribution in [0, 0.1) is 28.6 Å². The molecule has 1 heterocycles. The molecule has 5 rings (SSSR count). The third-order valence-corrected chi connectivity index (χ3v) is 10.8. The number of carbonyl (C=O) groups is 5. The molecule has 1 aromatic heterocycles. The predicted molar refractivity (Wildman–Crippen MR) is 154 cm³/mol. The summed E-state index contributed by atoms with van der Waals surface area (Å²) in [5.74, 6) is -2.80. The molecule has 4 aliphatic carbocycles. The fraction of sp³-hybridized carbons (Fsp3) is 0.625. The molecule has 4 aliphatic rings. The highest BCUT2D eigenvalue weighted by atomic mass is 16.5. The van der Waals surface area contributed by atoms with E-state index in [1.54, 1.807) is 12.2 Å². The van der Waals surface area contributed by atoms with Crippen LogP contribution in [0.1, 0.15) is 64.5 Å². The number of ketones is 2.